The molecule has 0 unspecified atom stereocenters. The van der Waals surface area contributed by atoms with Crippen molar-refractivity contribution in [3.8, 4) is 0 Å². The summed E-state index contributed by atoms with van der Waals surface area (Å²) in [6, 6.07) is 0. The third kappa shape index (κ3) is 38.6. The van der Waals surface area contributed by atoms with Gasteiger partial charge in [-0.15, -0.1) is 0 Å². The molecule has 2 N–H and O–H groups in total. The largest absolute Gasteiger partial charge is 0.463 e. The topological polar surface area (TPSA) is 93.1 Å². The highest BCUT2D eigenvalue weighted by Gasteiger charge is 2.12. The first-order valence-corrected chi connectivity index (χ1v) is 20.8. The Bertz CT molecular complexity index is 861. The summed E-state index contributed by atoms with van der Waals surface area (Å²) >= 11 is 0. The highest BCUT2D eigenvalue weighted by atomic mass is 16.6. The van der Waals surface area contributed by atoms with Gasteiger partial charge in [0.25, 0.3) is 0 Å². The summed E-state index contributed by atoms with van der Waals surface area (Å²) in [4.78, 5) is 23.9. The molecule has 0 heterocycles. The molecule has 0 saturated carbocycles. The predicted octanol–water partition coefficient (Wildman–Crippen LogP) is 12.0. The van der Waals surface area contributed by atoms with Crippen LogP contribution in [0.15, 0.2) is 48.6 Å². The van der Waals surface area contributed by atoms with Crippen molar-refractivity contribution in [2.45, 2.75) is 206 Å². The monoisotopic (exact) mass is 703 g/mol. The Kier molecular flexibility index (Phi) is 37.9. The maximum atomic E-state index is 12.0. The second-order valence-electron chi connectivity index (χ2n) is 13.9. The van der Waals surface area contributed by atoms with E-state index in [2.05, 4.69) is 55.5 Å². The molecule has 0 radical (unpaired) electrons. The molecule has 0 aliphatic heterocycles. The molecule has 0 bridgehead atoms. The van der Waals surface area contributed by atoms with E-state index < -0.39 is 6.10 Å². The summed E-state index contributed by atoms with van der Waals surface area (Å²) in [5, 5.41) is 19.5. The van der Waals surface area contributed by atoms with Crippen LogP contribution in [0.5, 0.6) is 0 Å². The summed E-state index contributed by atoms with van der Waals surface area (Å²) in [6.07, 6.45) is 46.9. The number of carbonyl (C=O) groups is 2. The van der Waals surface area contributed by atoms with Gasteiger partial charge in [-0.2, -0.15) is 0 Å². The number of carbonyl (C=O) groups excluding carboxylic acids is 2. The van der Waals surface area contributed by atoms with E-state index in [1.165, 1.54) is 96.3 Å². The number of aliphatic hydroxyl groups is 2. The molecule has 0 amide bonds. The second-order valence-corrected chi connectivity index (χ2v) is 13.9. The molecule has 0 fully saturated rings. The predicted molar refractivity (Wildman–Crippen MR) is 211 cm³/mol. The molecule has 6 nitrogen and oxygen atoms in total. The lowest BCUT2D eigenvalue weighted by atomic mass is 10.0. The molecular weight excluding hydrogens is 624 g/mol. The Morgan fingerprint density at radius 3 is 1.24 bits per heavy atom. The zero-order valence-corrected chi connectivity index (χ0v) is 32.5. The molecular formula is C44H78O6. The van der Waals surface area contributed by atoms with Gasteiger partial charge in [-0.1, -0.05) is 172 Å². The van der Waals surface area contributed by atoms with E-state index in [1.54, 1.807) is 0 Å². The van der Waals surface area contributed by atoms with Crippen LogP contribution in [0.4, 0.5) is 0 Å². The Labute approximate surface area is 308 Å². The first-order chi connectivity index (χ1) is 24.5. The summed E-state index contributed by atoms with van der Waals surface area (Å²) in [5.74, 6) is -0.642. The quantitative estimate of drug-likeness (QED) is 0.0380. The van der Waals surface area contributed by atoms with Crippen LogP contribution in [0.1, 0.15) is 194 Å². The van der Waals surface area contributed by atoms with Crippen molar-refractivity contribution in [1.29, 1.82) is 0 Å². The molecule has 0 aliphatic carbocycles. The zero-order valence-electron chi connectivity index (χ0n) is 32.5. The lowest BCUT2D eigenvalue weighted by Crippen LogP contribution is -2.25. The normalized spacial score (nSPS) is 13.3. The van der Waals surface area contributed by atoms with E-state index in [0.29, 0.717) is 19.3 Å². The third-order valence-electron chi connectivity index (χ3n) is 8.98. The molecule has 290 valence electrons. The number of unbranched alkanes of at least 4 members (excludes halogenated alkanes) is 18. The molecule has 0 aromatic carbocycles. The molecule has 0 saturated heterocycles. The number of rotatable bonds is 37. The van der Waals surface area contributed by atoms with E-state index in [-0.39, 0.29) is 31.3 Å². The maximum absolute atomic E-state index is 12.0. The SMILES string of the molecule is CCCCCCCCCCCCCCCCCCCCC(=O)OC[C@@H](O)COC(=O)CCC/C=C\C/C=C\C/C=C\C/C=C\CC[C@@H](O)CC. The standard InChI is InChI=1S/C44H78O6/c1-3-5-6-7-8-9-10-11-12-13-14-15-19-22-25-28-31-34-37-43(47)49-39-42(46)40-50-44(48)38-35-32-29-26-23-20-17-16-18-21-24-27-30-33-36-41(45)4-2/h17-18,20-21,26-27,29-30,41-42,45-46H,3-16,19,22-25,28,31-40H2,1-2H3/b20-17-,21-18-,29-26-,30-27-/t41-,42+/m0/s1. The first kappa shape index (κ1) is 47.8. The van der Waals surface area contributed by atoms with Crippen molar-refractivity contribution in [1.82, 2.24) is 0 Å². The van der Waals surface area contributed by atoms with Crippen LogP contribution >= 0.6 is 0 Å². The summed E-state index contributed by atoms with van der Waals surface area (Å²) in [5.41, 5.74) is 0. The smallest absolute Gasteiger partial charge is 0.305 e. The molecule has 0 aromatic rings. The van der Waals surface area contributed by atoms with Crippen LogP contribution in [0, 0.1) is 0 Å². The van der Waals surface area contributed by atoms with Crippen LogP contribution in [0.3, 0.4) is 0 Å². The van der Waals surface area contributed by atoms with Crippen LogP contribution in [0.2, 0.25) is 0 Å². The highest BCUT2D eigenvalue weighted by molar-refractivity contribution is 5.69. The zero-order chi connectivity index (χ0) is 36.6. The van der Waals surface area contributed by atoms with Crippen molar-refractivity contribution in [3.63, 3.8) is 0 Å². The number of esters is 2. The Morgan fingerprint density at radius 2 is 0.820 bits per heavy atom. The number of allylic oxidation sites excluding steroid dienone is 8. The number of aliphatic hydroxyl groups excluding tert-OH is 2. The van der Waals surface area contributed by atoms with Gasteiger partial charge < -0.3 is 19.7 Å². The van der Waals surface area contributed by atoms with Gasteiger partial charge in [0, 0.05) is 12.8 Å². The molecule has 0 aliphatic rings. The van der Waals surface area contributed by atoms with Gasteiger partial charge in [-0.05, 0) is 57.8 Å². The fraction of sp³-hybridized carbons (Fsp3) is 0.773. The lowest BCUT2D eigenvalue weighted by Gasteiger charge is -2.12. The van der Waals surface area contributed by atoms with Crippen molar-refractivity contribution < 1.29 is 29.3 Å². The Balaban J connectivity index is 3.52. The van der Waals surface area contributed by atoms with Crippen molar-refractivity contribution in [2.24, 2.45) is 0 Å². The van der Waals surface area contributed by atoms with Crippen LogP contribution in [-0.4, -0.2) is 47.6 Å². The first-order valence-electron chi connectivity index (χ1n) is 20.8. The molecule has 2 atom stereocenters. The molecule has 0 spiro atoms. The minimum absolute atomic E-state index is 0.140. The van der Waals surface area contributed by atoms with E-state index >= 15 is 0 Å². The number of ether oxygens (including phenoxy) is 2. The van der Waals surface area contributed by atoms with Crippen LogP contribution < -0.4 is 0 Å². The van der Waals surface area contributed by atoms with Gasteiger partial charge in [-0.25, -0.2) is 0 Å². The minimum Gasteiger partial charge on any atom is -0.463 e. The summed E-state index contributed by atoms with van der Waals surface area (Å²) < 4.78 is 10.3. The Morgan fingerprint density at radius 1 is 0.460 bits per heavy atom. The lowest BCUT2D eigenvalue weighted by molar-refractivity contribution is -0.152. The van der Waals surface area contributed by atoms with E-state index in [4.69, 9.17) is 9.47 Å². The maximum Gasteiger partial charge on any atom is 0.305 e. The number of hydrogen-bond donors (Lipinski definition) is 2. The minimum atomic E-state index is -0.994. The Hall–Kier alpha value is -2.18. The van der Waals surface area contributed by atoms with Gasteiger partial charge in [0.05, 0.1) is 6.10 Å². The summed E-state index contributed by atoms with van der Waals surface area (Å²) in [6.45, 7) is 3.98. The van der Waals surface area contributed by atoms with Gasteiger partial charge in [0.15, 0.2) is 0 Å². The molecule has 50 heavy (non-hydrogen) atoms. The van der Waals surface area contributed by atoms with Crippen molar-refractivity contribution in [3.05, 3.63) is 48.6 Å². The second kappa shape index (κ2) is 39.6. The van der Waals surface area contributed by atoms with Crippen LogP contribution in [0.25, 0.3) is 0 Å². The van der Waals surface area contributed by atoms with E-state index in [0.717, 1.165) is 64.2 Å². The average Bonchev–Trinajstić information content (AvgIpc) is 3.12. The molecule has 6 heteroatoms. The van der Waals surface area contributed by atoms with Gasteiger partial charge in [0.1, 0.15) is 19.3 Å². The molecule has 0 aromatic heterocycles. The van der Waals surface area contributed by atoms with E-state index in [1.807, 2.05) is 6.92 Å². The van der Waals surface area contributed by atoms with Gasteiger partial charge in [-0.3, -0.25) is 9.59 Å². The average molecular weight is 703 g/mol. The van der Waals surface area contributed by atoms with Crippen molar-refractivity contribution >= 4 is 11.9 Å². The summed E-state index contributed by atoms with van der Waals surface area (Å²) in [7, 11) is 0. The van der Waals surface area contributed by atoms with E-state index in [9.17, 15) is 19.8 Å². The fourth-order valence-electron chi connectivity index (χ4n) is 5.65. The molecule has 0 rings (SSSR count). The third-order valence-corrected chi connectivity index (χ3v) is 8.98. The van der Waals surface area contributed by atoms with Gasteiger partial charge >= 0.3 is 11.9 Å². The highest BCUT2D eigenvalue weighted by Crippen LogP contribution is 2.15. The number of hydrogen-bond acceptors (Lipinski definition) is 6. The fourth-order valence-corrected chi connectivity index (χ4v) is 5.65. The van der Waals surface area contributed by atoms with Crippen molar-refractivity contribution in [2.75, 3.05) is 13.2 Å². The van der Waals surface area contributed by atoms with Crippen LogP contribution in [-0.2, 0) is 19.1 Å². The van der Waals surface area contributed by atoms with Gasteiger partial charge in [0.2, 0.25) is 0 Å².